The highest BCUT2D eigenvalue weighted by Crippen LogP contribution is 2.34. The summed E-state index contributed by atoms with van der Waals surface area (Å²) in [7, 11) is 3.86. The molecule has 1 amide bonds. The van der Waals surface area contributed by atoms with Gasteiger partial charge < -0.3 is 15.0 Å². The van der Waals surface area contributed by atoms with Crippen molar-refractivity contribution in [2.75, 3.05) is 25.6 Å². The molecule has 0 radical (unpaired) electrons. The summed E-state index contributed by atoms with van der Waals surface area (Å²) in [5, 5.41) is 3.85. The lowest BCUT2D eigenvalue weighted by Gasteiger charge is -2.18. The summed E-state index contributed by atoms with van der Waals surface area (Å²) in [5.74, 6) is -0.800. The number of amides is 1. The van der Waals surface area contributed by atoms with E-state index in [9.17, 15) is 9.59 Å². The third-order valence-corrected chi connectivity index (χ3v) is 6.42. The zero-order chi connectivity index (χ0) is 20.1. The quantitative estimate of drug-likeness (QED) is 0.555. The fourth-order valence-corrected chi connectivity index (χ4v) is 4.78. The van der Waals surface area contributed by atoms with Crippen molar-refractivity contribution in [1.82, 2.24) is 10.3 Å². The molecular weight excluding hydrogens is 394 g/mol. The van der Waals surface area contributed by atoms with Crippen molar-refractivity contribution in [1.29, 1.82) is 0 Å². The first-order chi connectivity index (χ1) is 13.5. The summed E-state index contributed by atoms with van der Waals surface area (Å²) < 4.78 is 6.15. The number of anilines is 1. The number of nitrogens with zero attached hydrogens (tertiary/aromatic N) is 2. The van der Waals surface area contributed by atoms with Crippen LogP contribution in [0.5, 0.6) is 0 Å². The van der Waals surface area contributed by atoms with Gasteiger partial charge >= 0.3 is 5.97 Å². The minimum atomic E-state index is -0.497. The fraction of sp³-hybridized carbons (Fsp3) is 0.350. The van der Waals surface area contributed by atoms with Gasteiger partial charge in [-0.15, -0.1) is 11.3 Å². The summed E-state index contributed by atoms with van der Waals surface area (Å²) in [4.78, 5) is 32.2. The number of hydrogen-bond donors (Lipinski definition) is 1. The van der Waals surface area contributed by atoms with Gasteiger partial charge in [0.2, 0.25) is 0 Å². The van der Waals surface area contributed by atoms with Crippen LogP contribution in [0.1, 0.15) is 41.0 Å². The van der Waals surface area contributed by atoms with Gasteiger partial charge in [0.1, 0.15) is 9.71 Å². The third-order valence-electron chi connectivity index (χ3n) is 4.11. The van der Waals surface area contributed by atoms with Crippen molar-refractivity contribution >= 4 is 49.2 Å². The van der Waals surface area contributed by atoms with Crippen LogP contribution >= 0.6 is 22.7 Å². The molecule has 2 heterocycles. The van der Waals surface area contributed by atoms with Crippen LogP contribution in [0.4, 0.5) is 5.13 Å². The van der Waals surface area contributed by atoms with E-state index in [1.165, 1.54) is 22.7 Å². The van der Waals surface area contributed by atoms with Gasteiger partial charge in [-0.3, -0.25) is 4.79 Å². The lowest BCUT2D eigenvalue weighted by molar-refractivity contribution is -0.125. The predicted molar refractivity (Wildman–Crippen MR) is 114 cm³/mol. The van der Waals surface area contributed by atoms with Gasteiger partial charge in [0.05, 0.1) is 10.7 Å². The number of ether oxygens (including phenoxy) is 1. The van der Waals surface area contributed by atoms with Gasteiger partial charge in [-0.05, 0) is 18.1 Å². The molecule has 8 heteroatoms. The van der Waals surface area contributed by atoms with Crippen molar-refractivity contribution in [2.45, 2.75) is 25.8 Å². The Morgan fingerprint density at radius 1 is 1.21 bits per heavy atom. The molecule has 1 N–H and O–H groups in total. The Kier molecular flexibility index (Phi) is 6.64. The Bertz CT molecular complexity index is 919. The second-order valence-corrected chi connectivity index (χ2v) is 8.61. The molecule has 148 valence electrons. The maximum Gasteiger partial charge on any atom is 0.348 e. The van der Waals surface area contributed by atoms with Crippen LogP contribution in [-0.2, 0) is 9.53 Å². The van der Waals surface area contributed by atoms with E-state index in [1.807, 2.05) is 49.3 Å². The molecule has 6 nitrogen and oxygen atoms in total. The van der Waals surface area contributed by atoms with E-state index in [-0.39, 0.29) is 18.6 Å². The number of hydrogen-bond acceptors (Lipinski definition) is 7. The summed E-state index contributed by atoms with van der Waals surface area (Å²) >= 11 is 2.80. The number of fused-ring (bicyclic) bond motifs is 1. The Labute approximate surface area is 172 Å². The Balaban J connectivity index is 1.57. The van der Waals surface area contributed by atoms with E-state index in [1.54, 1.807) is 6.07 Å². The molecular formula is C20H23N3O3S2. The first kappa shape index (κ1) is 20.3. The molecule has 1 unspecified atom stereocenters. The number of carbonyl (C=O) groups excluding carboxylic acids is 2. The summed E-state index contributed by atoms with van der Waals surface area (Å²) in [6.45, 7) is 1.77. The molecule has 0 aliphatic rings. The maximum absolute atomic E-state index is 12.3. The molecule has 2 aromatic heterocycles. The Morgan fingerprint density at radius 2 is 1.96 bits per heavy atom. The highest BCUT2D eigenvalue weighted by Gasteiger charge is 2.18. The van der Waals surface area contributed by atoms with Crippen molar-refractivity contribution in [2.24, 2.45) is 0 Å². The second-order valence-electron chi connectivity index (χ2n) is 6.57. The lowest BCUT2D eigenvalue weighted by Crippen LogP contribution is -2.32. The zero-order valence-electron chi connectivity index (χ0n) is 16.1. The monoisotopic (exact) mass is 417 g/mol. The average molecular weight is 418 g/mol. The minimum Gasteiger partial charge on any atom is -0.451 e. The lowest BCUT2D eigenvalue weighted by atomic mass is 10.0. The molecule has 3 aromatic rings. The average Bonchev–Trinajstić information content (AvgIpc) is 3.26. The molecule has 0 saturated heterocycles. The third kappa shape index (κ3) is 4.88. The number of thiazole rings is 1. The highest BCUT2D eigenvalue weighted by atomic mass is 32.1. The van der Waals surface area contributed by atoms with Crippen LogP contribution in [0, 0.1) is 0 Å². The van der Waals surface area contributed by atoms with E-state index in [4.69, 9.17) is 4.74 Å². The topological polar surface area (TPSA) is 71.5 Å². The van der Waals surface area contributed by atoms with E-state index in [0.717, 1.165) is 33.1 Å². The van der Waals surface area contributed by atoms with Crippen molar-refractivity contribution in [3.05, 3.63) is 46.8 Å². The molecule has 1 atom stereocenters. The van der Waals surface area contributed by atoms with Crippen LogP contribution in [0.2, 0.25) is 0 Å². The second kappa shape index (κ2) is 9.16. The largest absolute Gasteiger partial charge is 0.451 e. The number of rotatable bonds is 8. The van der Waals surface area contributed by atoms with Crippen LogP contribution in [-0.4, -0.2) is 37.6 Å². The van der Waals surface area contributed by atoms with E-state index >= 15 is 0 Å². The van der Waals surface area contributed by atoms with Gasteiger partial charge in [0, 0.05) is 14.1 Å². The number of benzene rings is 1. The van der Waals surface area contributed by atoms with Crippen LogP contribution in [0.15, 0.2) is 36.4 Å². The van der Waals surface area contributed by atoms with Gasteiger partial charge in [-0.25, -0.2) is 9.78 Å². The molecule has 1 aromatic carbocycles. The molecule has 0 aliphatic heterocycles. The molecule has 0 fully saturated rings. The molecule has 3 rings (SSSR count). The van der Waals surface area contributed by atoms with Crippen LogP contribution < -0.4 is 10.2 Å². The van der Waals surface area contributed by atoms with Gasteiger partial charge in [-0.2, -0.15) is 0 Å². The Hall–Kier alpha value is -2.45. The SMILES string of the molecule is CCCC(NC(=O)COC(=O)c1cc2sc(N(C)C)nc2s1)c1ccccc1. The fourth-order valence-electron chi connectivity index (χ4n) is 2.75. The van der Waals surface area contributed by atoms with E-state index < -0.39 is 5.97 Å². The number of thiophene rings is 1. The molecule has 0 bridgehead atoms. The number of aromatic nitrogens is 1. The van der Waals surface area contributed by atoms with Gasteiger partial charge in [-0.1, -0.05) is 55.0 Å². The van der Waals surface area contributed by atoms with Crippen molar-refractivity contribution in [3.8, 4) is 0 Å². The summed E-state index contributed by atoms with van der Waals surface area (Å²) in [6, 6.07) is 11.5. The van der Waals surface area contributed by atoms with Gasteiger partial charge in [0.25, 0.3) is 5.91 Å². The molecule has 0 spiro atoms. The maximum atomic E-state index is 12.3. The summed E-state index contributed by atoms with van der Waals surface area (Å²) in [6.07, 6.45) is 1.76. The van der Waals surface area contributed by atoms with E-state index in [2.05, 4.69) is 17.2 Å². The van der Waals surface area contributed by atoms with E-state index in [0.29, 0.717) is 4.88 Å². The predicted octanol–water partition coefficient (Wildman–Crippen LogP) is 4.24. The molecule has 0 aliphatic carbocycles. The standard InChI is InChI=1S/C20H23N3O3S2/c1-4-8-14(13-9-6-5-7-10-13)21-17(24)12-26-19(25)16-11-15-18(27-16)22-20(28-15)23(2)3/h5-7,9-11,14H,4,8,12H2,1-3H3,(H,21,24). The van der Waals surface area contributed by atoms with Crippen molar-refractivity contribution < 1.29 is 14.3 Å². The zero-order valence-corrected chi connectivity index (χ0v) is 17.7. The van der Waals surface area contributed by atoms with Gasteiger partial charge in [0.15, 0.2) is 11.7 Å². The molecule has 28 heavy (non-hydrogen) atoms. The number of carbonyl (C=O) groups is 2. The number of nitrogens with one attached hydrogen (secondary N) is 1. The number of esters is 1. The minimum absolute atomic E-state index is 0.0851. The van der Waals surface area contributed by atoms with Crippen LogP contribution in [0.3, 0.4) is 0 Å². The normalized spacial score (nSPS) is 12.0. The first-order valence-electron chi connectivity index (χ1n) is 9.07. The van der Waals surface area contributed by atoms with Crippen molar-refractivity contribution in [3.63, 3.8) is 0 Å². The molecule has 0 saturated carbocycles. The van der Waals surface area contributed by atoms with Crippen LogP contribution in [0.25, 0.3) is 9.53 Å². The first-order valence-corrected chi connectivity index (χ1v) is 10.7. The summed E-state index contributed by atoms with van der Waals surface area (Å²) in [5.41, 5.74) is 1.05. The smallest absolute Gasteiger partial charge is 0.348 e. The highest BCUT2D eigenvalue weighted by molar-refractivity contribution is 7.29. The Morgan fingerprint density at radius 3 is 2.61 bits per heavy atom.